The molecule has 13 aromatic carbocycles. The maximum Gasteiger partial charge on any atom is 0.416 e. The average molecular weight is 2120 g/mol. The number of phenols is 5. The van der Waals surface area contributed by atoms with Gasteiger partial charge in [-0.15, -0.1) is 10.2 Å². The third-order valence-corrected chi connectivity index (χ3v) is 27.8. The van der Waals surface area contributed by atoms with Crippen LogP contribution in [0.25, 0.3) is 0 Å². The number of hydrogen-bond donors (Lipinski definition) is 13. The second kappa shape index (κ2) is 49.0. The summed E-state index contributed by atoms with van der Waals surface area (Å²) in [5.41, 5.74) is 23.8. The molecule has 2 heterocycles. The van der Waals surface area contributed by atoms with Crippen LogP contribution in [0.3, 0.4) is 0 Å². The van der Waals surface area contributed by atoms with Crippen LogP contribution in [0.1, 0.15) is 82.0 Å². The van der Waals surface area contributed by atoms with Crippen molar-refractivity contribution in [3.05, 3.63) is 365 Å². The number of aryl methyl sites for hydroxylation is 9. The van der Waals surface area contributed by atoms with Crippen molar-refractivity contribution in [1.29, 1.82) is 0 Å². The largest absolute Gasteiger partial charge is 0.508 e. The number of phenolic OH excluding ortho intramolecular Hbond substituents is 5. The Balaban J connectivity index is 0.000000177. The second-order valence-corrected chi connectivity index (χ2v) is 42.5. The molecule has 772 valence electrons. The van der Waals surface area contributed by atoms with Gasteiger partial charge >= 0.3 is 12.3 Å². The van der Waals surface area contributed by atoms with Crippen molar-refractivity contribution in [2.45, 2.75) is 126 Å². The molecule has 2 aromatic heterocycles. The number of carbonyl (C=O) groups excluding carboxylic acids is 1. The number of anilines is 7. The second-order valence-electron chi connectivity index (χ2n) is 34.1. The molecule has 149 heavy (non-hydrogen) atoms. The SMILES string of the molecule is Cc1cc(N=Nc2ccc(S(=O)(=O)Nc3ccc(C(F)(F)F)cc3)cc2)cc(C)c1O.Cc1cc(N=Nc2ccc(S(=O)(=O)Nc3ccc(CNC(=O)OC(C)(C)C)cc3)cc2)cc(C)c1O.Cc1cc(N=Nc2ccc(S(=O)(=O)Nc3ccccn3)cc2)c(N)cc1O.Cc1cc(N=Nc2ccc(S(=O)(=O)Nc3ccccn3)cc2)cc(C)c1O.Cc1ccc(NS(=O)(=O)c2ccc(N=Nc3cc(C)c(O)cc3N)cc2)cc1. The third-order valence-electron chi connectivity index (χ3n) is 20.9. The number of ether oxygens (including phenoxy) is 1. The first-order valence-electron chi connectivity index (χ1n) is 44.7. The van der Waals surface area contributed by atoms with E-state index >= 15 is 0 Å². The number of carbonyl (C=O) groups is 1. The topological polar surface area (TPSA) is 572 Å². The van der Waals surface area contributed by atoms with Crippen LogP contribution in [0.5, 0.6) is 28.7 Å². The first-order valence-corrected chi connectivity index (χ1v) is 52.1. The molecular formula is C104H103F3N20O17S5. The number of nitrogens with zero attached hydrogens (tertiary/aromatic N) is 12. The first kappa shape index (κ1) is 112. The highest BCUT2D eigenvalue weighted by Gasteiger charge is 2.31. The van der Waals surface area contributed by atoms with E-state index in [0.29, 0.717) is 124 Å². The Morgan fingerprint density at radius 2 is 0.584 bits per heavy atom. The van der Waals surface area contributed by atoms with Gasteiger partial charge in [-0.1, -0.05) is 42.0 Å². The predicted molar refractivity (Wildman–Crippen MR) is 565 cm³/mol. The standard InChI is InChI=1S/C26H30N4O5S.C21H18F3N3O3S.C20H20N4O3S.C19H18N4O3S.C18H17N5O3S/c1-17-14-22(15-18(2)24(17)31)29-28-20-10-12-23(13-11-20)36(33,34)30-21-8-6-19(7-9-21)16-27-25(32)35-26(3,4)5;1-13-11-18(12-14(2)20(13)28)26-25-16-7-9-19(10-8-16)31(29,30)27-17-5-3-15(4-6-17)21(22,23)24;1-13-3-5-16(6-4-13)24-28(26,27)17-9-7-15(8-10-17)22-23-19-11-14(2)20(25)12-18(19)21;1-13-11-16(12-14(2)19(13)24)22-21-15-6-8-17(9-7-15)27(25,26)23-18-5-3-4-10-20-18;1-12-10-16(15(19)11-17(12)24)22-21-13-5-7-14(8-6-13)27(25,26)23-18-4-2-3-9-20-18/h6-15,30-31H,16H2,1-5H3,(H,27,32);3-12,27-28H,1-2H3;3-12,24-25H,21H2,1-2H3;3-12,24H,1-2H3,(H,20,23);2-11,24H,19H2,1H3,(H,20,23). The Kier molecular flexibility index (Phi) is 36.8. The van der Waals surface area contributed by atoms with Crippen molar-refractivity contribution in [3.63, 3.8) is 0 Å². The number of amides is 1. The smallest absolute Gasteiger partial charge is 0.416 e. The van der Waals surface area contributed by atoms with Crippen molar-refractivity contribution < 1.29 is 90.3 Å². The van der Waals surface area contributed by atoms with E-state index in [2.05, 4.69) is 90.0 Å². The molecule has 0 atom stereocenters. The summed E-state index contributed by atoms with van der Waals surface area (Å²) >= 11 is 0. The fourth-order valence-corrected chi connectivity index (χ4v) is 18.2. The number of sulfonamides is 5. The van der Waals surface area contributed by atoms with E-state index in [4.69, 9.17) is 16.2 Å². The van der Waals surface area contributed by atoms with E-state index in [1.165, 1.54) is 109 Å². The quantitative estimate of drug-likeness (QED) is 0.0168. The van der Waals surface area contributed by atoms with Gasteiger partial charge in [0.05, 0.1) is 86.9 Å². The van der Waals surface area contributed by atoms with Crippen molar-refractivity contribution in [2.75, 3.05) is 35.1 Å². The molecule has 0 radical (unpaired) electrons. The van der Waals surface area contributed by atoms with Crippen molar-refractivity contribution in [3.8, 4) is 28.7 Å². The zero-order valence-electron chi connectivity index (χ0n) is 81.9. The van der Waals surface area contributed by atoms with Crippen LogP contribution >= 0.6 is 0 Å². The maximum absolute atomic E-state index is 12.8. The summed E-state index contributed by atoms with van der Waals surface area (Å²) < 4.78 is 180. The monoisotopic (exact) mass is 2120 g/mol. The molecule has 15 rings (SSSR count). The van der Waals surface area contributed by atoms with E-state index in [-0.39, 0.29) is 77.1 Å². The van der Waals surface area contributed by atoms with E-state index in [9.17, 15) is 85.6 Å². The molecule has 0 saturated heterocycles. The number of nitrogens with two attached hydrogens (primary N) is 2. The van der Waals surface area contributed by atoms with Crippen LogP contribution < -0.4 is 40.4 Å². The van der Waals surface area contributed by atoms with Crippen LogP contribution in [0.2, 0.25) is 0 Å². The number of alkyl halides is 3. The molecule has 0 fully saturated rings. The molecule has 1 amide bonds. The number of aromatic nitrogens is 2. The van der Waals surface area contributed by atoms with Gasteiger partial charge in [-0.05, 0) is 376 Å². The van der Waals surface area contributed by atoms with Gasteiger partial charge in [0.1, 0.15) is 57.4 Å². The molecule has 0 saturated carbocycles. The summed E-state index contributed by atoms with van der Waals surface area (Å²) in [4.78, 5) is 20.0. The van der Waals surface area contributed by atoms with Crippen LogP contribution in [0.15, 0.2) is 379 Å². The number of pyridine rings is 2. The van der Waals surface area contributed by atoms with E-state index in [1.54, 1.807) is 234 Å². The summed E-state index contributed by atoms with van der Waals surface area (Å²) in [6.07, 6.45) is -2.02. The number of azo groups is 5. The lowest BCUT2D eigenvalue weighted by Crippen LogP contribution is -2.32. The summed E-state index contributed by atoms with van der Waals surface area (Å²) in [5.74, 6) is 1.31. The number of nitrogens with one attached hydrogen (secondary N) is 6. The number of hydrogen-bond acceptors (Lipinski definition) is 31. The number of rotatable bonds is 27. The van der Waals surface area contributed by atoms with Crippen LogP contribution in [0, 0.1) is 62.3 Å². The molecule has 0 aliphatic carbocycles. The number of nitrogen functional groups attached to an aromatic ring is 2. The van der Waals surface area contributed by atoms with Gasteiger partial charge in [-0.3, -0.25) is 23.6 Å². The highest BCUT2D eigenvalue weighted by atomic mass is 32.2. The minimum absolute atomic E-state index is 0.00911. The molecule has 15 aromatic rings. The third kappa shape index (κ3) is 33.3. The predicted octanol–water partition coefficient (Wildman–Crippen LogP) is 25.8. The summed E-state index contributed by atoms with van der Waals surface area (Å²) in [6, 6.07) is 73.1. The number of halogens is 3. The van der Waals surface area contributed by atoms with E-state index in [1.807, 2.05) is 19.1 Å². The van der Waals surface area contributed by atoms with Crippen molar-refractivity contribution in [2.24, 2.45) is 51.1 Å². The molecule has 45 heteroatoms. The molecule has 15 N–H and O–H groups in total. The first-order chi connectivity index (χ1) is 70.2. The number of benzene rings is 13. The van der Waals surface area contributed by atoms with Crippen LogP contribution in [0.4, 0.5) is 115 Å². The van der Waals surface area contributed by atoms with Crippen molar-refractivity contribution in [1.82, 2.24) is 15.3 Å². The average Bonchev–Trinajstić information content (AvgIpc) is 0.828. The molecule has 0 spiro atoms. The number of aromatic hydroxyl groups is 5. The lowest BCUT2D eigenvalue weighted by atomic mass is 10.1. The minimum Gasteiger partial charge on any atom is -0.508 e. The van der Waals surface area contributed by atoms with Crippen molar-refractivity contribution >= 4 is 153 Å². The van der Waals surface area contributed by atoms with Gasteiger partial charge in [0, 0.05) is 48.1 Å². The Bertz CT molecular complexity index is 8010. The molecule has 37 nitrogen and oxygen atoms in total. The lowest BCUT2D eigenvalue weighted by molar-refractivity contribution is -0.137. The Morgan fingerprint density at radius 3 is 0.852 bits per heavy atom. The van der Waals surface area contributed by atoms with Crippen LogP contribution in [-0.2, 0) is 67.6 Å². The van der Waals surface area contributed by atoms with Gasteiger partial charge in [-0.2, -0.15) is 54.1 Å². The molecule has 0 aliphatic rings. The normalized spacial score (nSPS) is 11.8. The van der Waals surface area contributed by atoms with Crippen LogP contribution in [-0.4, -0.2) is 89.3 Å². The number of alkyl carbamates (subject to hydrolysis) is 1. The van der Waals surface area contributed by atoms with Gasteiger partial charge in [0.15, 0.2) is 0 Å². The Hall–Kier alpha value is -17.4. The minimum atomic E-state index is -4.50. The van der Waals surface area contributed by atoms with Gasteiger partial charge < -0.3 is 47.1 Å². The Morgan fingerprint density at radius 1 is 0.322 bits per heavy atom. The lowest BCUT2D eigenvalue weighted by Gasteiger charge is -2.19. The fourth-order valence-electron chi connectivity index (χ4n) is 13.0. The zero-order chi connectivity index (χ0) is 109. The maximum atomic E-state index is 12.8. The molecule has 0 bridgehead atoms. The molecule has 0 unspecified atom stereocenters. The van der Waals surface area contributed by atoms with E-state index < -0.39 is 73.6 Å². The molecular weight excluding hydrogens is 2020 g/mol. The summed E-state index contributed by atoms with van der Waals surface area (Å²) in [5, 5.41) is 92.3. The van der Waals surface area contributed by atoms with E-state index in [0.717, 1.165) is 35.4 Å². The fraction of sp³-hybridized carbons (Fsp3) is 0.144. The molecule has 0 aliphatic heterocycles. The van der Waals surface area contributed by atoms with Gasteiger partial charge in [-0.25, -0.2) is 56.9 Å². The van der Waals surface area contributed by atoms with Gasteiger partial charge in [0.25, 0.3) is 50.1 Å². The summed E-state index contributed by atoms with van der Waals surface area (Å²) in [7, 11) is -19.0. The highest BCUT2D eigenvalue weighted by Crippen LogP contribution is 2.39. The zero-order valence-corrected chi connectivity index (χ0v) is 86.0. The highest BCUT2D eigenvalue weighted by molar-refractivity contribution is 7.94. The van der Waals surface area contributed by atoms with Gasteiger partial charge in [0.2, 0.25) is 0 Å². The summed E-state index contributed by atoms with van der Waals surface area (Å²) in [6.45, 7) is 21.6. The Labute approximate surface area is 858 Å².